The van der Waals surface area contributed by atoms with Crippen molar-refractivity contribution < 1.29 is 0 Å². The van der Waals surface area contributed by atoms with Gasteiger partial charge in [-0.1, -0.05) is 35.0 Å². The Labute approximate surface area is 113 Å². The normalized spacial score (nSPS) is 10.5. The van der Waals surface area contributed by atoms with Crippen molar-refractivity contribution in [1.82, 2.24) is 15.0 Å². The third kappa shape index (κ3) is 2.80. The van der Waals surface area contributed by atoms with Crippen LogP contribution < -0.4 is 5.73 Å². The monoisotopic (exact) mass is 286 g/mol. The minimum Gasteiger partial charge on any atom is -0.368 e. The summed E-state index contributed by atoms with van der Waals surface area (Å²) >= 11 is 13.3. The molecule has 1 heterocycles. The van der Waals surface area contributed by atoms with E-state index in [-0.39, 0.29) is 5.95 Å². The number of halogens is 2. The number of anilines is 1. The van der Waals surface area contributed by atoms with Gasteiger partial charge < -0.3 is 5.73 Å². The van der Waals surface area contributed by atoms with E-state index in [9.17, 15) is 0 Å². The predicted octanol–water partition coefficient (Wildman–Crippen LogP) is 3.15. The first-order valence-electron chi connectivity index (χ1n) is 4.61. The Hall–Kier alpha value is -1.04. The second-order valence-electron chi connectivity index (χ2n) is 3.13. The number of nitrogen functional groups attached to an aromatic ring is 1. The summed E-state index contributed by atoms with van der Waals surface area (Å²) in [5.41, 5.74) is 6.29. The molecular weight excluding hydrogens is 279 g/mol. The lowest BCUT2D eigenvalue weighted by molar-refractivity contribution is 0.927. The summed E-state index contributed by atoms with van der Waals surface area (Å²) in [6.07, 6.45) is 1.86. The lowest BCUT2D eigenvalue weighted by atomic mass is 10.2. The van der Waals surface area contributed by atoms with Crippen molar-refractivity contribution in [2.24, 2.45) is 0 Å². The number of rotatable bonds is 2. The molecule has 2 N–H and O–H groups in total. The van der Waals surface area contributed by atoms with Gasteiger partial charge in [0.1, 0.15) is 0 Å². The molecule has 7 heteroatoms. The SMILES string of the molecule is CSc1nc(N)nc(-c2ccc(Cl)cc2Cl)n1. The van der Waals surface area contributed by atoms with Crippen LogP contribution in [0.5, 0.6) is 0 Å². The Morgan fingerprint density at radius 3 is 2.59 bits per heavy atom. The molecule has 0 unspecified atom stereocenters. The summed E-state index contributed by atoms with van der Waals surface area (Å²) in [5.74, 6) is 0.619. The molecule has 0 atom stereocenters. The van der Waals surface area contributed by atoms with Gasteiger partial charge >= 0.3 is 0 Å². The molecule has 1 aromatic carbocycles. The van der Waals surface area contributed by atoms with Crippen LogP contribution in [0, 0.1) is 0 Å². The fraction of sp³-hybridized carbons (Fsp3) is 0.100. The predicted molar refractivity (Wildman–Crippen MR) is 71.5 cm³/mol. The summed E-state index contributed by atoms with van der Waals surface area (Å²) in [4.78, 5) is 12.3. The first-order chi connectivity index (χ1) is 8.10. The fourth-order valence-electron chi connectivity index (χ4n) is 1.25. The summed E-state index contributed by atoms with van der Waals surface area (Å²) in [7, 11) is 0. The molecule has 0 saturated carbocycles. The van der Waals surface area contributed by atoms with Crippen LogP contribution in [0.3, 0.4) is 0 Å². The van der Waals surface area contributed by atoms with Crippen molar-refractivity contribution >= 4 is 40.9 Å². The number of nitrogens with two attached hydrogens (primary N) is 1. The van der Waals surface area contributed by atoms with Gasteiger partial charge in [-0.25, -0.2) is 4.98 Å². The second-order valence-corrected chi connectivity index (χ2v) is 4.75. The van der Waals surface area contributed by atoms with Gasteiger partial charge in [-0.05, 0) is 24.5 Å². The van der Waals surface area contributed by atoms with Gasteiger partial charge in [-0.2, -0.15) is 9.97 Å². The quantitative estimate of drug-likeness (QED) is 0.859. The second kappa shape index (κ2) is 5.08. The first-order valence-corrected chi connectivity index (χ1v) is 6.59. The Kier molecular flexibility index (Phi) is 3.71. The zero-order valence-electron chi connectivity index (χ0n) is 8.82. The average Bonchev–Trinajstić information content (AvgIpc) is 2.28. The lowest BCUT2D eigenvalue weighted by Gasteiger charge is -2.05. The summed E-state index contributed by atoms with van der Waals surface area (Å²) in [5, 5.41) is 1.60. The van der Waals surface area contributed by atoms with Crippen LogP contribution in [0.4, 0.5) is 5.95 Å². The van der Waals surface area contributed by atoms with E-state index in [1.165, 1.54) is 11.8 Å². The van der Waals surface area contributed by atoms with Gasteiger partial charge in [0.2, 0.25) is 5.95 Å². The van der Waals surface area contributed by atoms with Gasteiger partial charge in [0, 0.05) is 10.6 Å². The molecule has 0 spiro atoms. The van der Waals surface area contributed by atoms with Crippen LogP contribution in [0.25, 0.3) is 11.4 Å². The maximum atomic E-state index is 6.08. The van der Waals surface area contributed by atoms with Crippen molar-refractivity contribution in [2.45, 2.75) is 5.16 Å². The Balaban J connectivity index is 2.55. The van der Waals surface area contributed by atoms with Crippen LogP contribution in [-0.2, 0) is 0 Å². The summed E-state index contributed by atoms with van der Waals surface area (Å²) in [6, 6.07) is 5.11. The standard InChI is InChI=1S/C10H8Cl2N4S/c1-17-10-15-8(14-9(13)16-10)6-3-2-5(11)4-7(6)12/h2-4H,1H3,(H2,13,14,15,16). The van der Waals surface area contributed by atoms with E-state index < -0.39 is 0 Å². The van der Waals surface area contributed by atoms with Crippen molar-refractivity contribution in [2.75, 3.05) is 12.0 Å². The molecule has 0 amide bonds. The number of thioether (sulfide) groups is 1. The highest BCUT2D eigenvalue weighted by Crippen LogP contribution is 2.28. The Morgan fingerprint density at radius 1 is 1.18 bits per heavy atom. The summed E-state index contributed by atoms with van der Waals surface area (Å²) in [6.45, 7) is 0. The van der Waals surface area contributed by atoms with E-state index in [0.29, 0.717) is 26.6 Å². The van der Waals surface area contributed by atoms with E-state index in [1.54, 1.807) is 18.2 Å². The molecule has 88 valence electrons. The fourth-order valence-corrected chi connectivity index (χ4v) is 2.11. The van der Waals surface area contributed by atoms with Gasteiger partial charge in [0.05, 0.1) is 5.02 Å². The lowest BCUT2D eigenvalue weighted by Crippen LogP contribution is -2.01. The third-order valence-corrected chi connectivity index (χ3v) is 3.08. The smallest absolute Gasteiger partial charge is 0.224 e. The molecule has 0 radical (unpaired) electrons. The Bertz CT molecular complexity index is 562. The highest BCUT2D eigenvalue weighted by atomic mass is 35.5. The molecule has 0 aliphatic heterocycles. The molecule has 17 heavy (non-hydrogen) atoms. The molecular formula is C10H8Cl2N4S. The Morgan fingerprint density at radius 2 is 1.94 bits per heavy atom. The molecule has 1 aromatic heterocycles. The molecule has 4 nitrogen and oxygen atoms in total. The zero-order valence-corrected chi connectivity index (χ0v) is 11.1. The first kappa shape index (κ1) is 12.4. The number of hydrogen-bond acceptors (Lipinski definition) is 5. The van der Waals surface area contributed by atoms with Crippen LogP contribution in [-0.4, -0.2) is 21.2 Å². The van der Waals surface area contributed by atoms with Gasteiger partial charge in [-0.3, -0.25) is 0 Å². The van der Waals surface area contributed by atoms with E-state index >= 15 is 0 Å². The number of benzene rings is 1. The van der Waals surface area contributed by atoms with Crippen molar-refractivity contribution in [3.05, 3.63) is 28.2 Å². The zero-order chi connectivity index (χ0) is 12.4. The maximum absolute atomic E-state index is 6.08. The summed E-state index contributed by atoms with van der Waals surface area (Å²) < 4.78 is 0. The molecule has 0 aliphatic carbocycles. The van der Waals surface area contributed by atoms with Gasteiger partial charge in [0.15, 0.2) is 11.0 Å². The van der Waals surface area contributed by atoms with Crippen molar-refractivity contribution in [1.29, 1.82) is 0 Å². The topological polar surface area (TPSA) is 64.7 Å². The van der Waals surface area contributed by atoms with E-state index in [4.69, 9.17) is 28.9 Å². The highest BCUT2D eigenvalue weighted by molar-refractivity contribution is 7.98. The highest BCUT2D eigenvalue weighted by Gasteiger charge is 2.10. The van der Waals surface area contributed by atoms with Crippen molar-refractivity contribution in [3.63, 3.8) is 0 Å². The largest absolute Gasteiger partial charge is 0.368 e. The van der Waals surface area contributed by atoms with Crippen LogP contribution in [0.1, 0.15) is 0 Å². The van der Waals surface area contributed by atoms with Gasteiger partial charge in [-0.15, -0.1) is 0 Å². The minimum atomic E-state index is 0.172. The van der Waals surface area contributed by atoms with Crippen LogP contribution in [0.2, 0.25) is 10.0 Å². The minimum absolute atomic E-state index is 0.172. The number of aromatic nitrogens is 3. The number of nitrogens with zero attached hydrogens (tertiary/aromatic N) is 3. The van der Waals surface area contributed by atoms with Crippen molar-refractivity contribution in [3.8, 4) is 11.4 Å². The van der Waals surface area contributed by atoms with E-state index in [0.717, 1.165) is 0 Å². The van der Waals surface area contributed by atoms with Crippen LogP contribution in [0.15, 0.2) is 23.4 Å². The molecule has 2 aromatic rings. The number of hydrogen-bond donors (Lipinski definition) is 1. The van der Waals surface area contributed by atoms with E-state index in [1.807, 2.05) is 6.26 Å². The molecule has 0 aliphatic rings. The molecule has 0 bridgehead atoms. The molecule has 0 fully saturated rings. The van der Waals surface area contributed by atoms with Crippen LogP contribution >= 0.6 is 35.0 Å². The third-order valence-electron chi connectivity index (χ3n) is 1.99. The molecule has 0 saturated heterocycles. The van der Waals surface area contributed by atoms with E-state index in [2.05, 4.69) is 15.0 Å². The maximum Gasteiger partial charge on any atom is 0.224 e. The van der Waals surface area contributed by atoms with Gasteiger partial charge in [0.25, 0.3) is 0 Å². The molecule has 2 rings (SSSR count). The average molecular weight is 287 g/mol.